The van der Waals surface area contributed by atoms with Gasteiger partial charge in [-0.05, 0) is 19.1 Å². The Morgan fingerprint density at radius 3 is 2.57 bits per heavy atom. The second kappa shape index (κ2) is 4.69. The third kappa shape index (κ3) is 2.21. The Bertz CT molecular complexity index is 354. The number of benzene rings is 1. The molecular weight excluding hydrogens is 206 g/mol. The largest absolute Gasteiger partial charge is 0.364 e. The fraction of sp³-hybridized carbons (Fsp3) is 0.333. The quantitative estimate of drug-likeness (QED) is 0.727. The lowest BCUT2D eigenvalue weighted by atomic mass is 10.3. The molecule has 0 saturated carbocycles. The summed E-state index contributed by atoms with van der Waals surface area (Å²) in [5.41, 5.74) is 0. The fourth-order valence-electron chi connectivity index (χ4n) is 1.06. The molecule has 0 spiro atoms. The summed E-state index contributed by atoms with van der Waals surface area (Å²) in [7, 11) is -2.23. The first-order valence-corrected chi connectivity index (χ1v) is 5.73. The molecule has 0 heterocycles. The van der Waals surface area contributed by atoms with Gasteiger partial charge in [0.25, 0.3) is 0 Å². The van der Waals surface area contributed by atoms with Crippen LogP contribution >= 0.6 is 7.60 Å². The molecule has 14 heavy (non-hydrogen) atoms. The first-order chi connectivity index (χ1) is 6.64. The van der Waals surface area contributed by atoms with Crippen LogP contribution in [0.25, 0.3) is 0 Å². The van der Waals surface area contributed by atoms with Gasteiger partial charge in [0, 0.05) is 7.11 Å². The fourth-order valence-corrected chi connectivity index (χ4v) is 2.45. The minimum atomic E-state index is -3.47. The van der Waals surface area contributed by atoms with Crippen molar-refractivity contribution in [2.24, 2.45) is 0 Å². The Morgan fingerprint density at radius 1 is 1.43 bits per heavy atom. The van der Waals surface area contributed by atoms with Crippen LogP contribution in [0.4, 0.5) is 4.39 Å². The Labute approximate surface area is 82.4 Å². The molecule has 1 rings (SSSR count). The minimum Gasteiger partial charge on any atom is -0.308 e. The van der Waals surface area contributed by atoms with Crippen LogP contribution in [0.5, 0.6) is 0 Å². The van der Waals surface area contributed by atoms with E-state index in [0.29, 0.717) is 0 Å². The normalized spacial score (nSPS) is 15.1. The molecule has 3 nitrogen and oxygen atoms in total. The van der Waals surface area contributed by atoms with E-state index in [2.05, 4.69) is 0 Å². The topological polar surface area (TPSA) is 35.5 Å². The summed E-state index contributed by atoms with van der Waals surface area (Å²) in [4.78, 5) is 0. The van der Waals surface area contributed by atoms with Gasteiger partial charge in [-0.1, -0.05) is 12.1 Å². The highest BCUT2D eigenvalue weighted by molar-refractivity contribution is 7.62. The van der Waals surface area contributed by atoms with Gasteiger partial charge in [0.1, 0.15) is 5.82 Å². The standard InChI is InChI=1S/C9H12FO3P/c1-3-13-14(11,12-2)9-7-5-4-6-8(9)10/h4-7H,3H2,1-2H3. The molecule has 0 aliphatic carbocycles. The monoisotopic (exact) mass is 218 g/mol. The van der Waals surface area contributed by atoms with Crippen molar-refractivity contribution in [1.82, 2.24) is 0 Å². The van der Waals surface area contributed by atoms with Crippen molar-refractivity contribution in [1.29, 1.82) is 0 Å². The molecule has 0 bridgehead atoms. The molecule has 1 unspecified atom stereocenters. The highest BCUT2D eigenvalue weighted by Crippen LogP contribution is 2.46. The van der Waals surface area contributed by atoms with Gasteiger partial charge in [-0.2, -0.15) is 0 Å². The lowest BCUT2D eigenvalue weighted by molar-refractivity contribution is 0.254. The molecule has 0 radical (unpaired) electrons. The Balaban J connectivity index is 3.13. The summed E-state index contributed by atoms with van der Waals surface area (Å²) in [6.45, 7) is 1.88. The van der Waals surface area contributed by atoms with E-state index < -0.39 is 13.4 Å². The number of halogens is 1. The summed E-state index contributed by atoms with van der Waals surface area (Å²) >= 11 is 0. The van der Waals surface area contributed by atoms with Gasteiger partial charge in [0.2, 0.25) is 0 Å². The van der Waals surface area contributed by atoms with E-state index in [0.717, 1.165) is 0 Å². The van der Waals surface area contributed by atoms with Crippen LogP contribution in [0.1, 0.15) is 6.92 Å². The second-order valence-electron chi connectivity index (χ2n) is 2.55. The zero-order chi connectivity index (χ0) is 10.6. The average Bonchev–Trinajstić information content (AvgIpc) is 2.18. The van der Waals surface area contributed by atoms with Gasteiger partial charge < -0.3 is 9.05 Å². The summed E-state index contributed by atoms with van der Waals surface area (Å²) in [6.07, 6.45) is 0. The summed E-state index contributed by atoms with van der Waals surface area (Å²) < 4.78 is 34.9. The summed E-state index contributed by atoms with van der Waals surface area (Å²) in [5.74, 6) is -0.578. The zero-order valence-electron chi connectivity index (χ0n) is 8.07. The molecule has 0 saturated heterocycles. The van der Waals surface area contributed by atoms with Crippen LogP contribution in [0.2, 0.25) is 0 Å². The van der Waals surface area contributed by atoms with Crippen molar-refractivity contribution in [3.8, 4) is 0 Å². The highest BCUT2D eigenvalue weighted by atomic mass is 31.2. The maximum Gasteiger partial charge on any atom is 0.364 e. The SMILES string of the molecule is CCOP(=O)(OC)c1ccccc1F. The number of hydrogen-bond acceptors (Lipinski definition) is 3. The first-order valence-electron chi connectivity index (χ1n) is 4.19. The van der Waals surface area contributed by atoms with Gasteiger partial charge in [0.15, 0.2) is 0 Å². The Morgan fingerprint density at radius 2 is 2.07 bits per heavy atom. The molecule has 0 fully saturated rings. The average molecular weight is 218 g/mol. The predicted molar refractivity (Wildman–Crippen MR) is 52.3 cm³/mol. The molecule has 0 N–H and O–H groups in total. The molecule has 1 aromatic carbocycles. The van der Waals surface area contributed by atoms with Crippen molar-refractivity contribution in [3.63, 3.8) is 0 Å². The van der Waals surface area contributed by atoms with Crippen LogP contribution in [-0.4, -0.2) is 13.7 Å². The van der Waals surface area contributed by atoms with Crippen LogP contribution < -0.4 is 5.30 Å². The van der Waals surface area contributed by atoms with Gasteiger partial charge in [-0.3, -0.25) is 4.57 Å². The number of hydrogen-bond donors (Lipinski definition) is 0. The van der Waals surface area contributed by atoms with Crippen molar-refractivity contribution in [2.75, 3.05) is 13.7 Å². The second-order valence-corrected chi connectivity index (χ2v) is 4.65. The van der Waals surface area contributed by atoms with Gasteiger partial charge in [-0.15, -0.1) is 0 Å². The maximum absolute atomic E-state index is 13.3. The third-order valence-corrected chi connectivity index (χ3v) is 3.72. The lowest BCUT2D eigenvalue weighted by Gasteiger charge is -2.15. The van der Waals surface area contributed by atoms with Crippen molar-refractivity contribution in [2.45, 2.75) is 6.92 Å². The van der Waals surface area contributed by atoms with Gasteiger partial charge in [0.05, 0.1) is 11.9 Å². The third-order valence-electron chi connectivity index (χ3n) is 1.69. The molecule has 5 heteroatoms. The van der Waals surface area contributed by atoms with E-state index in [1.54, 1.807) is 13.0 Å². The van der Waals surface area contributed by atoms with E-state index in [1.165, 1.54) is 25.3 Å². The van der Waals surface area contributed by atoms with Gasteiger partial charge >= 0.3 is 7.60 Å². The van der Waals surface area contributed by atoms with Crippen LogP contribution in [-0.2, 0) is 13.6 Å². The maximum atomic E-state index is 13.3. The van der Waals surface area contributed by atoms with Crippen LogP contribution in [0, 0.1) is 5.82 Å². The van der Waals surface area contributed by atoms with Gasteiger partial charge in [-0.25, -0.2) is 4.39 Å². The summed E-state index contributed by atoms with van der Waals surface area (Å²) in [6, 6.07) is 5.73. The zero-order valence-corrected chi connectivity index (χ0v) is 8.96. The first kappa shape index (κ1) is 11.4. The van der Waals surface area contributed by atoms with E-state index in [-0.39, 0.29) is 11.9 Å². The molecule has 0 aliphatic rings. The van der Waals surface area contributed by atoms with E-state index in [4.69, 9.17) is 9.05 Å². The minimum absolute atomic E-state index is 0.0237. The molecular formula is C9H12FO3P. The van der Waals surface area contributed by atoms with Crippen molar-refractivity contribution < 1.29 is 18.0 Å². The number of rotatable bonds is 4. The highest BCUT2D eigenvalue weighted by Gasteiger charge is 2.28. The predicted octanol–water partition coefficient (Wildman–Crippen LogP) is 2.33. The molecule has 1 atom stereocenters. The van der Waals surface area contributed by atoms with Crippen LogP contribution in [0.3, 0.4) is 0 Å². The van der Waals surface area contributed by atoms with E-state index >= 15 is 0 Å². The molecule has 0 amide bonds. The van der Waals surface area contributed by atoms with Crippen LogP contribution in [0.15, 0.2) is 24.3 Å². The van der Waals surface area contributed by atoms with Crippen molar-refractivity contribution >= 4 is 12.9 Å². The summed E-state index contributed by atoms with van der Waals surface area (Å²) in [5, 5.41) is -0.0237. The van der Waals surface area contributed by atoms with E-state index in [1.807, 2.05) is 0 Å². The molecule has 78 valence electrons. The Kier molecular flexibility index (Phi) is 3.81. The lowest BCUT2D eigenvalue weighted by Crippen LogP contribution is -2.12. The van der Waals surface area contributed by atoms with E-state index in [9.17, 15) is 8.96 Å². The van der Waals surface area contributed by atoms with Crippen molar-refractivity contribution in [3.05, 3.63) is 30.1 Å². The molecule has 0 aromatic heterocycles. The smallest absolute Gasteiger partial charge is 0.308 e. The molecule has 1 aromatic rings. The Hall–Kier alpha value is -0.700. The molecule has 0 aliphatic heterocycles.